The van der Waals surface area contributed by atoms with E-state index in [1.807, 2.05) is 30.3 Å². The number of hydrogen-bond acceptors (Lipinski definition) is 4. The molecule has 1 fully saturated rings. The minimum absolute atomic E-state index is 0.0303. The third kappa shape index (κ3) is 4.85. The summed E-state index contributed by atoms with van der Waals surface area (Å²) in [5, 5.41) is 13.7. The number of nitrogens with zero attached hydrogens (tertiary/aromatic N) is 1. The fourth-order valence-electron chi connectivity index (χ4n) is 2.37. The fraction of sp³-hybridized carbons (Fsp3) is 0.400. The molecule has 1 aromatic rings. The van der Waals surface area contributed by atoms with Gasteiger partial charge in [0.2, 0.25) is 5.91 Å². The summed E-state index contributed by atoms with van der Waals surface area (Å²) in [5.74, 6) is -1.71. The number of carboxylic acids is 1. The summed E-state index contributed by atoms with van der Waals surface area (Å²) >= 11 is 0. The van der Waals surface area contributed by atoms with Gasteiger partial charge in [0.25, 0.3) is 0 Å². The predicted octanol–water partition coefficient (Wildman–Crippen LogP) is 0.419. The van der Waals surface area contributed by atoms with Gasteiger partial charge in [-0.2, -0.15) is 0 Å². The third-order valence-corrected chi connectivity index (χ3v) is 3.54. The number of rotatable bonds is 5. The Hall–Kier alpha value is -2.41. The number of benzene rings is 1. The van der Waals surface area contributed by atoms with Gasteiger partial charge >= 0.3 is 12.0 Å². The van der Waals surface area contributed by atoms with Gasteiger partial charge in [-0.25, -0.2) is 4.79 Å². The molecule has 1 heterocycles. The number of imide groups is 1. The van der Waals surface area contributed by atoms with Crippen molar-refractivity contribution >= 4 is 17.9 Å². The maximum Gasteiger partial charge on any atom is 0.321 e. The molecule has 1 saturated heterocycles. The number of carboxylic acid groups (broad SMARTS) is 1. The molecule has 0 spiro atoms. The van der Waals surface area contributed by atoms with Crippen LogP contribution in [-0.2, 0) is 16.1 Å². The average Bonchev–Trinajstić information content (AvgIpc) is 2.95. The summed E-state index contributed by atoms with van der Waals surface area (Å²) < 4.78 is 0. The molecule has 7 nitrogen and oxygen atoms in total. The molecule has 2 rings (SSSR count). The van der Waals surface area contributed by atoms with Crippen LogP contribution < -0.4 is 10.6 Å². The first-order chi connectivity index (χ1) is 10.5. The second-order valence-corrected chi connectivity index (χ2v) is 5.28. The van der Waals surface area contributed by atoms with Crippen LogP contribution in [0.4, 0.5) is 4.79 Å². The summed E-state index contributed by atoms with van der Waals surface area (Å²) in [6, 6.07) is 8.81. The van der Waals surface area contributed by atoms with E-state index in [1.165, 1.54) is 0 Å². The number of urea groups is 1. The maximum absolute atomic E-state index is 11.7. The second-order valence-electron chi connectivity index (χ2n) is 5.28. The Morgan fingerprint density at radius 1 is 1.23 bits per heavy atom. The molecule has 1 aromatic carbocycles. The van der Waals surface area contributed by atoms with Crippen LogP contribution in [0.25, 0.3) is 0 Å². The van der Waals surface area contributed by atoms with Crippen LogP contribution in [-0.4, -0.2) is 47.5 Å². The molecule has 3 amide bonds. The first-order valence-corrected chi connectivity index (χ1v) is 7.11. The van der Waals surface area contributed by atoms with E-state index < -0.39 is 23.8 Å². The average molecular weight is 305 g/mol. The molecule has 7 heteroatoms. The molecular weight excluding hydrogens is 286 g/mol. The van der Waals surface area contributed by atoms with Gasteiger partial charge in [0.15, 0.2) is 0 Å². The van der Waals surface area contributed by atoms with Crippen molar-refractivity contribution in [3.05, 3.63) is 35.9 Å². The highest BCUT2D eigenvalue weighted by Crippen LogP contribution is 2.15. The van der Waals surface area contributed by atoms with Crippen molar-refractivity contribution in [2.24, 2.45) is 5.92 Å². The van der Waals surface area contributed by atoms with E-state index in [2.05, 4.69) is 10.6 Å². The zero-order valence-electron chi connectivity index (χ0n) is 12.1. The first-order valence-electron chi connectivity index (χ1n) is 7.11. The Kier molecular flexibility index (Phi) is 5.48. The lowest BCUT2D eigenvalue weighted by molar-refractivity contribution is -0.141. The van der Waals surface area contributed by atoms with Crippen LogP contribution in [0.1, 0.15) is 12.0 Å². The number of carbonyl (C=O) groups is 3. The molecule has 22 heavy (non-hydrogen) atoms. The molecule has 1 aliphatic heterocycles. The van der Waals surface area contributed by atoms with Crippen molar-refractivity contribution in [3.63, 3.8) is 0 Å². The van der Waals surface area contributed by atoms with Gasteiger partial charge < -0.3 is 10.4 Å². The lowest BCUT2D eigenvalue weighted by atomic mass is 10.1. The first kappa shape index (κ1) is 16.0. The van der Waals surface area contributed by atoms with Crippen molar-refractivity contribution in [2.45, 2.75) is 13.0 Å². The van der Waals surface area contributed by atoms with Gasteiger partial charge in [-0.1, -0.05) is 30.3 Å². The molecular formula is C15H19N3O4. The zero-order valence-corrected chi connectivity index (χ0v) is 12.1. The molecule has 1 aliphatic rings. The monoisotopic (exact) mass is 305 g/mol. The van der Waals surface area contributed by atoms with Crippen molar-refractivity contribution in [3.8, 4) is 0 Å². The highest BCUT2D eigenvalue weighted by atomic mass is 16.4. The Morgan fingerprint density at radius 2 is 1.95 bits per heavy atom. The van der Waals surface area contributed by atoms with Crippen molar-refractivity contribution in [1.29, 1.82) is 0 Å². The number of aliphatic carboxylic acids is 1. The van der Waals surface area contributed by atoms with Gasteiger partial charge in [0.05, 0.1) is 12.5 Å². The quantitative estimate of drug-likeness (QED) is 0.732. The Bertz CT molecular complexity index is 547. The standard InChI is InChI=1S/C15H19N3O4/c19-13(10-18-7-6-12(9-18)14(20)21)17-15(22)16-8-11-4-2-1-3-5-11/h1-5,12H,6-10H2,(H,20,21)(H2,16,17,19,22). The summed E-state index contributed by atoms with van der Waals surface area (Å²) in [4.78, 5) is 35.9. The van der Waals surface area contributed by atoms with Crippen LogP contribution in [0.5, 0.6) is 0 Å². The van der Waals surface area contributed by atoms with Crippen LogP contribution in [0.2, 0.25) is 0 Å². The van der Waals surface area contributed by atoms with Crippen molar-refractivity contribution in [1.82, 2.24) is 15.5 Å². The molecule has 0 aromatic heterocycles. The van der Waals surface area contributed by atoms with Crippen LogP contribution in [0.15, 0.2) is 30.3 Å². The number of amides is 3. The van der Waals surface area contributed by atoms with Gasteiger partial charge in [-0.15, -0.1) is 0 Å². The Balaban J connectivity index is 1.68. The molecule has 0 saturated carbocycles. The summed E-state index contributed by atoms with van der Waals surface area (Å²) in [5.41, 5.74) is 0.939. The SMILES string of the molecule is O=C(CN1CCC(C(=O)O)C1)NC(=O)NCc1ccccc1. The van der Waals surface area contributed by atoms with E-state index in [0.717, 1.165) is 5.56 Å². The normalized spacial score (nSPS) is 17.9. The van der Waals surface area contributed by atoms with Crippen LogP contribution in [0.3, 0.4) is 0 Å². The van der Waals surface area contributed by atoms with Gasteiger partial charge in [0.1, 0.15) is 0 Å². The van der Waals surface area contributed by atoms with E-state index in [1.54, 1.807) is 4.90 Å². The van der Waals surface area contributed by atoms with E-state index in [4.69, 9.17) is 5.11 Å². The molecule has 0 radical (unpaired) electrons. The highest BCUT2D eigenvalue weighted by Gasteiger charge is 2.29. The van der Waals surface area contributed by atoms with Gasteiger partial charge in [-0.3, -0.25) is 19.8 Å². The van der Waals surface area contributed by atoms with E-state index in [0.29, 0.717) is 26.1 Å². The molecule has 118 valence electrons. The minimum atomic E-state index is -0.844. The molecule has 0 bridgehead atoms. The minimum Gasteiger partial charge on any atom is -0.481 e. The molecule has 3 N–H and O–H groups in total. The molecule has 1 unspecified atom stereocenters. The van der Waals surface area contributed by atoms with Crippen molar-refractivity contribution < 1.29 is 19.5 Å². The van der Waals surface area contributed by atoms with Gasteiger partial charge in [-0.05, 0) is 18.5 Å². The van der Waals surface area contributed by atoms with Gasteiger partial charge in [0, 0.05) is 13.1 Å². The number of nitrogens with one attached hydrogen (secondary N) is 2. The fourth-order valence-corrected chi connectivity index (χ4v) is 2.37. The summed E-state index contributed by atoms with van der Waals surface area (Å²) in [7, 11) is 0. The largest absolute Gasteiger partial charge is 0.481 e. The van der Waals surface area contributed by atoms with E-state index in [9.17, 15) is 14.4 Å². The van der Waals surface area contributed by atoms with Crippen LogP contribution in [0, 0.1) is 5.92 Å². The van der Waals surface area contributed by atoms with E-state index in [-0.39, 0.29) is 6.54 Å². The maximum atomic E-state index is 11.7. The zero-order chi connectivity index (χ0) is 15.9. The predicted molar refractivity (Wildman–Crippen MR) is 79.0 cm³/mol. The van der Waals surface area contributed by atoms with E-state index >= 15 is 0 Å². The van der Waals surface area contributed by atoms with Crippen LogP contribution >= 0.6 is 0 Å². The summed E-state index contributed by atoms with van der Waals surface area (Å²) in [6.07, 6.45) is 0.531. The number of likely N-dealkylation sites (tertiary alicyclic amines) is 1. The Labute approximate surface area is 128 Å². The number of hydrogen-bond donors (Lipinski definition) is 3. The van der Waals surface area contributed by atoms with Crippen molar-refractivity contribution in [2.75, 3.05) is 19.6 Å². The topological polar surface area (TPSA) is 98.7 Å². The lowest BCUT2D eigenvalue weighted by Gasteiger charge is -2.14. The molecule has 0 aliphatic carbocycles. The Morgan fingerprint density at radius 3 is 2.59 bits per heavy atom. The number of carbonyl (C=O) groups excluding carboxylic acids is 2. The third-order valence-electron chi connectivity index (χ3n) is 3.54. The summed E-state index contributed by atoms with van der Waals surface area (Å²) in [6.45, 7) is 1.26. The smallest absolute Gasteiger partial charge is 0.321 e. The second kappa shape index (κ2) is 7.56. The lowest BCUT2D eigenvalue weighted by Crippen LogP contribution is -2.44. The molecule has 1 atom stereocenters. The highest BCUT2D eigenvalue weighted by molar-refractivity contribution is 5.95.